The zero-order valence-corrected chi connectivity index (χ0v) is 13.3. The van der Waals surface area contributed by atoms with Crippen LogP contribution >= 0.6 is 0 Å². The second-order valence-electron chi connectivity index (χ2n) is 5.46. The van der Waals surface area contributed by atoms with Gasteiger partial charge in [-0.15, -0.1) is 0 Å². The summed E-state index contributed by atoms with van der Waals surface area (Å²) in [4.78, 5) is 23.6. The van der Waals surface area contributed by atoms with Crippen LogP contribution in [0.3, 0.4) is 0 Å². The highest BCUT2D eigenvalue weighted by molar-refractivity contribution is 5.96. The Hall–Kier alpha value is -3.02. The minimum absolute atomic E-state index is 0.0925. The summed E-state index contributed by atoms with van der Waals surface area (Å²) in [6, 6.07) is 12.6. The fourth-order valence-corrected chi connectivity index (χ4v) is 2.36. The predicted molar refractivity (Wildman–Crippen MR) is 90.5 cm³/mol. The first-order valence-corrected chi connectivity index (χ1v) is 7.67. The van der Waals surface area contributed by atoms with Crippen molar-refractivity contribution < 1.29 is 19.1 Å². The number of carbonyl (C=O) groups excluding carboxylic acids is 2. The molecule has 0 unspecified atom stereocenters. The van der Waals surface area contributed by atoms with E-state index in [1.165, 1.54) is 0 Å². The van der Waals surface area contributed by atoms with Crippen molar-refractivity contribution in [3.8, 4) is 11.5 Å². The number of fused-ring (bicyclic) bond motifs is 1. The average Bonchev–Trinajstić information content (AvgIpc) is 2.74. The second-order valence-corrected chi connectivity index (χ2v) is 5.46. The maximum Gasteiger partial charge on any atom is 0.262 e. The Balaban J connectivity index is 1.62. The number of ether oxygens (including phenoxy) is 2. The molecule has 0 aliphatic carbocycles. The third kappa shape index (κ3) is 3.84. The van der Waals surface area contributed by atoms with E-state index < -0.39 is 0 Å². The molecule has 0 fully saturated rings. The molecule has 0 saturated carbocycles. The summed E-state index contributed by atoms with van der Waals surface area (Å²) in [6.45, 7) is 2.17. The monoisotopic (exact) mass is 326 g/mol. The molecule has 0 saturated heterocycles. The van der Waals surface area contributed by atoms with Crippen LogP contribution in [-0.4, -0.2) is 25.0 Å². The summed E-state index contributed by atoms with van der Waals surface area (Å²) in [5.41, 5.74) is 2.09. The van der Waals surface area contributed by atoms with E-state index in [9.17, 15) is 9.59 Å². The number of para-hydroxylation sites is 1. The molecule has 2 aromatic rings. The fourth-order valence-electron chi connectivity index (χ4n) is 2.36. The van der Waals surface area contributed by atoms with Crippen LogP contribution in [0.15, 0.2) is 42.5 Å². The summed E-state index contributed by atoms with van der Waals surface area (Å²) < 4.78 is 11.0. The number of hydrogen-bond acceptors (Lipinski definition) is 4. The Morgan fingerprint density at radius 2 is 2.12 bits per heavy atom. The molecule has 6 heteroatoms. The first-order valence-electron chi connectivity index (χ1n) is 7.67. The van der Waals surface area contributed by atoms with Crippen molar-refractivity contribution in [2.45, 2.75) is 13.3 Å². The summed E-state index contributed by atoms with van der Waals surface area (Å²) >= 11 is 0. The lowest BCUT2D eigenvalue weighted by Crippen LogP contribution is -2.20. The maximum atomic E-state index is 12.0. The van der Waals surface area contributed by atoms with Crippen LogP contribution in [0.25, 0.3) is 0 Å². The van der Waals surface area contributed by atoms with Gasteiger partial charge in [0.15, 0.2) is 6.61 Å². The highest BCUT2D eigenvalue weighted by Crippen LogP contribution is 2.30. The number of rotatable bonds is 4. The van der Waals surface area contributed by atoms with Gasteiger partial charge in [0, 0.05) is 5.69 Å². The smallest absolute Gasteiger partial charge is 0.262 e. The number of amides is 2. The van der Waals surface area contributed by atoms with Gasteiger partial charge in [0.1, 0.15) is 11.5 Å². The van der Waals surface area contributed by atoms with E-state index in [0.717, 1.165) is 5.56 Å². The van der Waals surface area contributed by atoms with Crippen LogP contribution in [0.1, 0.15) is 12.0 Å². The molecule has 2 aromatic carbocycles. The molecule has 0 spiro atoms. The van der Waals surface area contributed by atoms with Crippen molar-refractivity contribution in [3.05, 3.63) is 48.0 Å². The molecular weight excluding hydrogens is 308 g/mol. The van der Waals surface area contributed by atoms with E-state index in [-0.39, 0.29) is 18.4 Å². The van der Waals surface area contributed by atoms with Crippen molar-refractivity contribution >= 4 is 23.2 Å². The zero-order chi connectivity index (χ0) is 16.9. The molecule has 0 aromatic heterocycles. The minimum atomic E-state index is -0.279. The quantitative estimate of drug-likeness (QED) is 0.906. The molecule has 2 amide bonds. The second kappa shape index (κ2) is 7.04. The summed E-state index contributed by atoms with van der Waals surface area (Å²) in [6.07, 6.45) is 0.306. The first-order chi connectivity index (χ1) is 11.6. The molecule has 124 valence electrons. The number of benzene rings is 2. The largest absolute Gasteiger partial charge is 0.491 e. The van der Waals surface area contributed by atoms with Crippen LogP contribution in [0.5, 0.6) is 11.5 Å². The highest BCUT2D eigenvalue weighted by atomic mass is 16.5. The molecule has 1 heterocycles. The van der Waals surface area contributed by atoms with Crippen molar-refractivity contribution in [1.82, 2.24) is 0 Å². The van der Waals surface area contributed by atoms with Crippen molar-refractivity contribution in [1.29, 1.82) is 0 Å². The predicted octanol–water partition coefficient (Wildman–Crippen LogP) is 2.73. The Kier molecular flexibility index (Phi) is 4.65. The Labute approximate surface area is 139 Å². The molecule has 0 radical (unpaired) electrons. The fraction of sp³-hybridized carbons (Fsp3) is 0.222. The van der Waals surface area contributed by atoms with Gasteiger partial charge < -0.3 is 20.1 Å². The topological polar surface area (TPSA) is 76.7 Å². The Bertz CT molecular complexity index is 773. The van der Waals surface area contributed by atoms with E-state index in [4.69, 9.17) is 9.47 Å². The SMILES string of the molecule is Cc1ccccc1OCC(=O)Nc1ccc2c(c1)NC(=O)CCO2. The summed E-state index contributed by atoms with van der Waals surface area (Å²) in [7, 11) is 0. The van der Waals surface area contributed by atoms with E-state index in [2.05, 4.69) is 10.6 Å². The van der Waals surface area contributed by atoms with Crippen molar-refractivity contribution in [2.75, 3.05) is 23.8 Å². The van der Waals surface area contributed by atoms with Gasteiger partial charge in [0.25, 0.3) is 5.91 Å². The lowest BCUT2D eigenvalue weighted by Gasteiger charge is -2.12. The number of carbonyl (C=O) groups is 2. The standard InChI is InChI=1S/C18H18N2O4/c1-12-4-2-3-5-15(12)24-11-18(22)19-13-6-7-16-14(10-13)20-17(21)8-9-23-16/h2-7,10H,8-9,11H2,1H3,(H,19,22)(H,20,21). The van der Waals surface area contributed by atoms with E-state index in [1.807, 2.05) is 31.2 Å². The molecule has 6 nitrogen and oxygen atoms in total. The molecule has 2 N–H and O–H groups in total. The van der Waals surface area contributed by atoms with Crippen LogP contribution in [-0.2, 0) is 9.59 Å². The first kappa shape index (κ1) is 15.9. The maximum absolute atomic E-state index is 12.0. The molecule has 0 bridgehead atoms. The van der Waals surface area contributed by atoms with Gasteiger partial charge in [0.05, 0.1) is 18.7 Å². The van der Waals surface area contributed by atoms with E-state index in [1.54, 1.807) is 18.2 Å². The number of nitrogens with one attached hydrogen (secondary N) is 2. The van der Waals surface area contributed by atoms with Crippen LogP contribution in [0, 0.1) is 6.92 Å². The zero-order valence-electron chi connectivity index (χ0n) is 13.3. The van der Waals surface area contributed by atoms with Gasteiger partial charge in [-0.3, -0.25) is 9.59 Å². The number of hydrogen-bond donors (Lipinski definition) is 2. The van der Waals surface area contributed by atoms with Gasteiger partial charge in [-0.05, 0) is 36.8 Å². The molecule has 1 aliphatic heterocycles. The van der Waals surface area contributed by atoms with Gasteiger partial charge in [0.2, 0.25) is 5.91 Å². The van der Waals surface area contributed by atoms with Crippen LogP contribution in [0.2, 0.25) is 0 Å². The van der Waals surface area contributed by atoms with Gasteiger partial charge in [-0.25, -0.2) is 0 Å². The lowest BCUT2D eigenvalue weighted by molar-refractivity contribution is -0.118. The Morgan fingerprint density at radius 1 is 1.29 bits per heavy atom. The molecule has 24 heavy (non-hydrogen) atoms. The molecular formula is C18H18N2O4. The van der Waals surface area contributed by atoms with E-state index in [0.29, 0.717) is 35.9 Å². The van der Waals surface area contributed by atoms with Gasteiger partial charge in [-0.1, -0.05) is 18.2 Å². The van der Waals surface area contributed by atoms with Crippen LogP contribution in [0.4, 0.5) is 11.4 Å². The third-order valence-corrected chi connectivity index (χ3v) is 3.58. The lowest BCUT2D eigenvalue weighted by atomic mass is 10.2. The molecule has 0 atom stereocenters. The van der Waals surface area contributed by atoms with Crippen LogP contribution < -0.4 is 20.1 Å². The van der Waals surface area contributed by atoms with Crippen molar-refractivity contribution in [3.63, 3.8) is 0 Å². The summed E-state index contributed by atoms with van der Waals surface area (Å²) in [5.74, 6) is 0.879. The molecule has 1 aliphatic rings. The van der Waals surface area contributed by atoms with Gasteiger partial charge >= 0.3 is 0 Å². The van der Waals surface area contributed by atoms with E-state index >= 15 is 0 Å². The average molecular weight is 326 g/mol. The van der Waals surface area contributed by atoms with Gasteiger partial charge in [-0.2, -0.15) is 0 Å². The highest BCUT2D eigenvalue weighted by Gasteiger charge is 2.15. The minimum Gasteiger partial charge on any atom is -0.491 e. The summed E-state index contributed by atoms with van der Waals surface area (Å²) in [5, 5.41) is 5.50. The molecule has 3 rings (SSSR count). The third-order valence-electron chi connectivity index (χ3n) is 3.58. The number of anilines is 2. The number of aryl methyl sites for hydroxylation is 1. The van der Waals surface area contributed by atoms with Crippen molar-refractivity contribution in [2.24, 2.45) is 0 Å². The Morgan fingerprint density at radius 3 is 2.96 bits per heavy atom. The normalized spacial score (nSPS) is 13.1.